The molecule has 0 unspecified atom stereocenters. The lowest BCUT2D eigenvalue weighted by Gasteiger charge is -2.13. The van der Waals surface area contributed by atoms with Crippen LogP contribution in [0.1, 0.15) is 37.1 Å². The number of rotatable bonds is 6. The molecule has 0 bridgehead atoms. The molecule has 136 valence electrons. The Balaban J connectivity index is 1.90. The molecule has 0 atom stereocenters. The van der Waals surface area contributed by atoms with E-state index in [9.17, 15) is 4.79 Å². The summed E-state index contributed by atoms with van der Waals surface area (Å²) in [5.74, 6) is 1.76. The quantitative estimate of drug-likeness (QED) is 0.449. The molecule has 4 nitrogen and oxygen atoms in total. The maximum Gasteiger partial charge on any atom is 0.267 e. The minimum atomic E-state index is 0.0668. The Hall–Kier alpha value is -1.79. The standard InChI is InChI=1S/C20H22N2O2S2/c1-3-12-25-20-21-18-17(15-6-5-7-16(15)26-18)19(23)22(20)13-8-10-14(11-9-13)24-4-2/h8-11H,3-7,12H2,1-2H3. The van der Waals surface area contributed by atoms with Crippen LogP contribution >= 0.6 is 23.1 Å². The predicted octanol–water partition coefficient (Wildman–Crippen LogP) is 4.84. The van der Waals surface area contributed by atoms with Gasteiger partial charge in [0, 0.05) is 10.6 Å². The van der Waals surface area contributed by atoms with E-state index in [1.54, 1.807) is 27.7 Å². The summed E-state index contributed by atoms with van der Waals surface area (Å²) in [6.45, 7) is 4.74. The van der Waals surface area contributed by atoms with Gasteiger partial charge in [-0.25, -0.2) is 4.98 Å². The normalized spacial score (nSPS) is 13.3. The second-order valence-corrected chi connectivity index (χ2v) is 8.49. The summed E-state index contributed by atoms with van der Waals surface area (Å²) in [6.07, 6.45) is 4.27. The topological polar surface area (TPSA) is 44.1 Å². The highest BCUT2D eigenvalue weighted by atomic mass is 32.2. The number of hydrogen-bond acceptors (Lipinski definition) is 5. The number of benzene rings is 1. The first kappa shape index (κ1) is 17.6. The van der Waals surface area contributed by atoms with E-state index < -0.39 is 0 Å². The summed E-state index contributed by atoms with van der Waals surface area (Å²) in [7, 11) is 0. The number of aromatic nitrogens is 2. The van der Waals surface area contributed by atoms with Gasteiger partial charge in [0.1, 0.15) is 10.6 Å². The van der Waals surface area contributed by atoms with Gasteiger partial charge in [0.2, 0.25) is 0 Å². The number of aryl methyl sites for hydroxylation is 2. The van der Waals surface area contributed by atoms with Crippen molar-refractivity contribution < 1.29 is 4.74 Å². The fraction of sp³-hybridized carbons (Fsp3) is 0.400. The van der Waals surface area contributed by atoms with E-state index in [1.165, 1.54) is 10.4 Å². The van der Waals surface area contributed by atoms with Crippen molar-refractivity contribution in [2.75, 3.05) is 12.4 Å². The lowest BCUT2D eigenvalue weighted by atomic mass is 10.2. The lowest BCUT2D eigenvalue weighted by Crippen LogP contribution is -2.22. The zero-order valence-electron chi connectivity index (χ0n) is 15.1. The number of nitrogens with zero attached hydrogens (tertiary/aromatic N) is 2. The molecule has 0 saturated carbocycles. The Labute approximate surface area is 161 Å². The van der Waals surface area contributed by atoms with Gasteiger partial charge in [-0.15, -0.1) is 11.3 Å². The van der Waals surface area contributed by atoms with Gasteiger partial charge in [0.05, 0.1) is 17.7 Å². The van der Waals surface area contributed by atoms with Crippen molar-refractivity contribution in [1.82, 2.24) is 9.55 Å². The van der Waals surface area contributed by atoms with Crippen LogP contribution < -0.4 is 10.3 Å². The van der Waals surface area contributed by atoms with Crippen LogP contribution in [0.15, 0.2) is 34.2 Å². The van der Waals surface area contributed by atoms with E-state index in [0.29, 0.717) is 6.61 Å². The van der Waals surface area contributed by atoms with E-state index >= 15 is 0 Å². The van der Waals surface area contributed by atoms with Crippen LogP contribution in [0.2, 0.25) is 0 Å². The average molecular weight is 387 g/mol. The molecule has 0 spiro atoms. The van der Waals surface area contributed by atoms with Crippen LogP contribution in [-0.4, -0.2) is 21.9 Å². The van der Waals surface area contributed by atoms with Crippen molar-refractivity contribution in [2.45, 2.75) is 44.7 Å². The average Bonchev–Trinajstić information content (AvgIpc) is 3.22. The molecule has 1 aromatic carbocycles. The van der Waals surface area contributed by atoms with E-state index in [-0.39, 0.29) is 5.56 Å². The van der Waals surface area contributed by atoms with Crippen LogP contribution in [0.4, 0.5) is 0 Å². The Morgan fingerprint density at radius 2 is 2.04 bits per heavy atom. The highest BCUT2D eigenvalue weighted by Crippen LogP contribution is 2.36. The van der Waals surface area contributed by atoms with Gasteiger partial charge in [-0.05, 0) is 62.4 Å². The van der Waals surface area contributed by atoms with Crippen molar-refractivity contribution >= 4 is 33.3 Å². The number of ether oxygens (including phenoxy) is 1. The zero-order chi connectivity index (χ0) is 18.1. The smallest absolute Gasteiger partial charge is 0.267 e. The first-order valence-corrected chi connectivity index (χ1v) is 11.0. The molecule has 3 aromatic rings. The van der Waals surface area contributed by atoms with E-state index in [0.717, 1.165) is 58.2 Å². The van der Waals surface area contributed by atoms with Crippen molar-refractivity contribution in [3.05, 3.63) is 45.1 Å². The Bertz CT molecular complexity index is 990. The molecule has 1 aliphatic carbocycles. The predicted molar refractivity (Wildman–Crippen MR) is 109 cm³/mol. The number of hydrogen-bond donors (Lipinski definition) is 0. The fourth-order valence-electron chi connectivity index (χ4n) is 3.40. The molecule has 0 saturated heterocycles. The van der Waals surface area contributed by atoms with Gasteiger partial charge in [0.15, 0.2) is 5.16 Å². The summed E-state index contributed by atoms with van der Waals surface area (Å²) < 4.78 is 7.32. The Morgan fingerprint density at radius 3 is 2.77 bits per heavy atom. The Morgan fingerprint density at radius 1 is 1.23 bits per heavy atom. The third kappa shape index (κ3) is 3.05. The molecule has 0 radical (unpaired) electrons. The molecule has 0 aliphatic heterocycles. The molecule has 1 aliphatic rings. The van der Waals surface area contributed by atoms with Gasteiger partial charge < -0.3 is 4.74 Å². The van der Waals surface area contributed by atoms with Crippen LogP contribution in [0.25, 0.3) is 15.9 Å². The van der Waals surface area contributed by atoms with E-state index in [1.807, 2.05) is 31.2 Å². The molecular weight excluding hydrogens is 364 g/mol. The SMILES string of the molecule is CCCSc1nc2sc3c(c2c(=O)n1-c1ccc(OCC)cc1)CCC3. The summed E-state index contributed by atoms with van der Waals surface area (Å²) in [6, 6.07) is 7.73. The summed E-state index contributed by atoms with van der Waals surface area (Å²) in [5, 5.41) is 1.62. The maximum atomic E-state index is 13.4. The van der Waals surface area contributed by atoms with Crippen molar-refractivity contribution in [3.63, 3.8) is 0 Å². The second-order valence-electron chi connectivity index (χ2n) is 6.35. The van der Waals surface area contributed by atoms with Crippen LogP contribution in [0.3, 0.4) is 0 Å². The fourth-order valence-corrected chi connectivity index (χ4v) is 5.57. The lowest BCUT2D eigenvalue weighted by molar-refractivity contribution is 0.340. The highest BCUT2D eigenvalue weighted by molar-refractivity contribution is 7.99. The Kier molecular flexibility index (Phi) is 5.05. The van der Waals surface area contributed by atoms with Crippen molar-refractivity contribution in [2.24, 2.45) is 0 Å². The van der Waals surface area contributed by atoms with Crippen molar-refractivity contribution in [1.29, 1.82) is 0 Å². The van der Waals surface area contributed by atoms with Crippen LogP contribution in [0, 0.1) is 0 Å². The van der Waals surface area contributed by atoms with Gasteiger partial charge in [0.25, 0.3) is 5.56 Å². The van der Waals surface area contributed by atoms with E-state index in [2.05, 4.69) is 6.92 Å². The van der Waals surface area contributed by atoms with Crippen molar-refractivity contribution in [3.8, 4) is 11.4 Å². The minimum absolute atomic E-state index is 0.0668. The second kappa shape index (κ2) is 7.45. The van der Waals surface area contributed by atoms with E-state index in [4.69, 9.17) is 9.72 Å². The summed E-state index contributed by atoms with van der Waals surface area (Å²) in [5.41, 5.74) is 2.15. The maximum absolute atomic E-state index is 13.4. The third-order valence-corrected chi connectivity index (χ3v) is 6.88. The number of fused-ring (bicyclic) bond motifs is 3. The molecule has 0 N–H and O–H groups in total. The highest BCUT2D eigenvalue weighted by Gasteiger charge is 2.23. The first-order valence-electron chi connectivity index (χ1n) is 9.16. The zero-order valence-corrected chi connectivity index (χ0v) is 16.7. The first-order chi connectivity index (χ1) is 12.7. The monoisotopic (exact) mass is 386 g/mol. The van der Waals surface area contributed by atoms with Crippen LogP contribution in [0.5, 0.6) is 5.75 Å². The minimum Gasteiger partial charge on any atom is -0.494 e. The molecule has 26 heavy (non-hydrogen) atoms. The van der Waals surface area contributed by atoms with Gasteiger partial charge in [-0.2, -0.15) is 0 Å². The number of thiophene rings is 1. The van der Waals surface area contributed by atoms with Gasteiger partial charge in [-0.3, -0.25) is 9.36 Å². The summed E-state index contributed by atoms with van der Waals surface area (Å²) >= 11 is 3.36. The largest absolute Gasteiger partial charge is 0.494 e. The summed E-state index contributed by atoms with van der Waals surface area (Å²) in [4.78, 5) is 20.6. The third-order valence-electron chi connectivity index (χ3n) is 4.55. The molecular formula is C20H22N2O2S2. The molecule has 2 heterocycles. The van der Waals surface area contributed by atoms with Gasteiger partial charge >= 0.3 is 0 Å². The number of thioether (sulfide) groups is 1. The van der Waals surface area contributed by atoms with Gasteiger partial charge in [-0.1, -0.05) is 18.7 Å². The van der Waals surface area contributed by atoms with Crippen LogP contribution in [-0.2, 0) is 12.8 Å². The molecule has 6 heteroatoms. The molecule has 4 rings (SSSR count). The molecule has 2 aromatic heterocycles. The molecule has 0 fully saturated rings. The molecule has 0 amide bonds.